The van der Waals surface area contributed by atoms with Gasteiger partial charge in [0, 0.05) is 0 Å². The van der Waals surface area contributed by atoms with Gasteiger partial charge >= 0.3 is 5.97 Å². The third-order valence-corrected chi connectivity index (χ3v) is 3.88. The normalized spacial score (nSPS) is 16.1. The van der Waals surface area contributed by atoms with Gasteiger partial charge in [-0.15, -0.1) is 0 Å². The number of anilines is 1. The molecule has 3 rings (SSSR count). The van der Waals surface area contributed by atoms with Crippen molar-refractivity contribution in [3.8, 4) is 17.2 Å². The van der Waals surface area contributed by atoms with Crippen molar-refractivity contribution in [3.63, 3.8) is 0 Å². The molecule has 142 valence electrons. The lowest BCUT2D eigenvalue weighted by Crippen LogP contribution is -2.41. The van der Waals surface area contributed by atoms with Crippen LogP contribution < -0.4 is 19.5 Å². The van der Waals surface area contributed by atoms with Crippen LogP contribution in [-0.2, 0) is 14.3 Å². The molecule has 0 fully saturated rings. The van der Waals surface area contributed by atoms with Crippen molar-refractivity contribution < 1.29 is 28.5 Å². The van der Waals surface area contributed by atoms with Gasteiger partial charge in [0.1, 0.15) is 12.4 Å². The Morgan fingerprint density at radius 3 is 2.63 bits per heavy atom. The molecule has 1 amide bonds. The lowest BCUT2D eigenvalue weighted by molar-refractivity contribution is -0.162. The van der Waals surface area contributed by atoms with Crippen LogP contribution in [0, 0.1) is 0 Å². The monoisotopic (exact) mass is 371 g/mol. The van der Waals surface area contributed by atoms with E-state index in [2.05, 4.69) is 5.32 Å². The summed E-state index contributed by atoms with van der Waals surface area (Å²) >= 11 is 0. The maximum atomic E-state index is 12.4. The summed E-state index contributed by atoms with van der Waals surface area (Å²) in [6, 6.07) is 14.1. The summed E-state index contributed by atoms with van der Waals surface area (Å²) in [5.74, 6) is 0.457. The molecule has 0 spiro atoms. The van der Waals surface area contributed by atoms with Gasteiger partial charge in [-0.3, -0.25) is 4.79 Å². The zero-order chi connectivity index (χ0) is 19.2. The average Bonchev–Trinajstić information content (AvgIpc) is 2.69. The van der Waals surface area contributed by atoms with Crippen LogP contribution in [-0.4, -0.2) is 37.3 Å². The number of fused-ring (bicyclic) bond motifs is 1. The first-order chi connectivity index (χ1) is 13.1. The molecule has 1 aliphatic rings. The van der Waals surface area contributed by atoms with Crippen LogP contribution in [0.5, 0.6) is 17.2 Å². The standard InChI is InChI=1S/C20H21NO6/c1-3-24-15-9-5-4-8-14(15)21-19(22)13(2)26-20(23)18-12-25-16-10-6-7-11-17(16)27-18/h4-11,13,18H,3,12H2,1-2H3,(H,21,22)/t13-,18-/m1/s1. The minimum atomic E-state index is -1.01. The second kappa shape index (κ2) is 8.44. The van der Waals surface area contributed by atoms with Crippen LogP contribution in [0.3, 0.4) is 0 Å². The maximum absolute atomic E-state index is 12.4. The largest absolute Gasteiger partial charge is 0.492 e. The molecule has 2 atom stereocenters. The molecule has 0 aromatic heterocycles. The molecule has 0 bridgehead atoms. The van der Waals surface area contributed by atoms with Crippen LogP contribution in [0.4, 0.5) is 5.69 Å². The number of rotatable bonds is 6. The zero-order valence-corrected chi connectivity index (χ0v) is 15.1. The fourth-order valence-electron chi connectivity index (χ4n) is 2.52. The first-order valence-electron chi connectivity index (χ1n) is 8.70. The summed E-state index contributed by atoms with van der Waals surface area (Å²) in [5.41, 5.74) is 0.512. The fraction of sp³-hybridized carbons (Fsp3) is 0.300. The molecule has 1 N–H and O–H groups in total. The van der Waals surface area contributed by atoms with Crippen molar-refractivity contribution >= 4 is 17.6 Å². The minimum Gasteiger partial charge on any atom is -0.492 e. The molecule has 1 aliphatic heterocycles. The van der Waals surface area contributed by atoms with E-state index in [0.29, 0.717) is 29.5 Å². The van der Waals surface area contributed by atoms with Crippen LogP contribution in [0.15, 0.2) is 48.5 Å². The third-order valence-electron chi connectivity index (χ3n) is 3.88. The first kappa shape index (κ1) is 18.6. The van der Waals surface area contributed by atoms with E-state index in [1.165, 1.54) is 6.92 Å². The Labute approximate surface area is 157 Å². The van der Waals surface area contributed by atoms with Gasteiger partial charge in [-0.25, -0.2) is 4.79 Å². The predicted octanol–water partition coefficient (Wildman–Crippen LogP) is 2.80. The summed E-state index contributed by atoms with van der Waals surface area (Å²) in [6.07, 6.45) is -1.93. The Balaban J connectivity index is 1.58. The number of benzene rings is 2. The van der Waals surface area contributed by atoms with Crippen LogP contribution in [0.1, 0.15) is 13.8 Å². The van der Waals surface area contributed by atoms with Crippen molar-refractivity contribution in [1.29, 1.82) is 0 Å². The summed E-state index contributed by atoms with van der Waals surface area (Å²) in [4.78, 5) is 24.7. The van der Waals surface area contributed by atoms with E-state index in [1.807, 2.05) is 19.1 Å². The molecule has 0 radical (unpaired) electrons. The van der Waals surface area contributed by atoms with Crippen molar-refractivity contribution in [3.05, 3.63) is 48.5 Å². The molecule has 0 aliphatic carbocycles. The van der Waals surface area contributed by atoms with E-state index in [-0.39, 0.29) is 6.61 Å². The van der Waals surface area contributed by atoms with Crippen LogP contribution in [0.25, 0.3) is 0 Å². The van der Waals surface area contributed by atoms with E-state index in [0.717, 1.165) is 0 Å². The van der Waals surface area contributed by atoms with Crippen LogP contribution in [0.2, 0.25) is 0 Å². The molecule has 2 aromatic carbocycles. The number of hydrogen-bond acceptors (Lipinski definition) is 6. The lowest BCUT2D eigenvalue weighted by atomic mass is 10.2. The van der Waals surface area contributed by atoms with Crippen molar-refractivity contribution in [2.24, 2.45) is 0 Å². The Kier molecular flexibility index (Phi) is 5.80. The topological polar surface area (TPSA) is 83.1 Å². The summed E-state index contributed by atoms with van der Waals surface area (Å²) in [5, 5.41) is 2.71. The van der Waals surface area contributed by atoms with Gasteiger partial charge in [-0.2, -0.15) is 0 Å². The first-order valence-corrected chi connectivity index (χ1v) is 8.70. The third kappa shape index (κ3) is 4.49. The highest BCUT2D eigenvalue weighted by Crippen LogP contribution is 2.31. The quantitative estimate of drug-likeness (QED) is 0.786. The minimum absolute atomic E-state index is 0.0252. The second-order valence-electron chi connectivity index (χ2n) is 5.86. The Morgan fingerprint density at radius 2 is 1.85 bits per heavy atom. The second-order valence-corrected chi connectivity index (χ2v) is 5.86. The van der Waals surface area contributed by atoms with Crippen molar-refractivity contribution in [2.45, 2.75) is 26.1 Å². The number of carbonyl (C=O) groups is 2. The molecule has 1 heterocycles. The lowest BCUT2D eigenvalue weighted by Gasteiger charge is -2.26. The number of esters is 1. The Bertz CT molecular complexity index is 822. The average molecular weight is 371 g/mol. The van der Waals surface area contributed by atoms with Gasteiger partial charge in [0.15, 0.2) is 17.6 Å². The molecule has 0 unspecified atom stereocenters. The highest BCUT2D eigenvalue weighted by atomic mass is 16.6. The summed E-state index contributed by atoms with van der Waals surface area (Å²) in [6.45, 7) is 3.84. The Morgan fingerprint density at radius 1 is 1.15 bits per heavy atom. The molecule has 27 heavy (non-hydrogen) atoms. The Hall–Kier alpha value is -3.22. The number of nitrogens with one attached hydrogen (secondary N) is 1. The van der Waals surface area contributed by atoms with Gasteiger partial charge in [-0.1, -0.05) is 24.3 Å². The van der Waals surface area contributed by atoms with Crippen LogP contribution >= 0.6 is 0 Å². The smallest absolute Gasteiger partial charge is 0.351 e. The van der Waals surface area contributed by atoms with Gasteiger partial charge in [0.05, 0.1) is 12.3 Å². The van der Waals surface area contributed by atoms with E-state index >= 15 is 0 Å². The van der Waals surface area contributed by atoms with E-state index in [4.69, 9.17) is 18.9 Å². The molecule has 0 saturated carbocycles. The molecular formula is C20H21NO6. The maximum Gasteiger partial charge on any atom is 0.351 e. The SMILES string of the molecule is CCOc1ccccc1NC(=O)[C@@H](C)OC(=O)[C@H]1COc2ccccc2O1. The number of hydrogen-bond donors (Lipinski definition) is 1. The van der Waals surface area contributed by atoms with Gasteiger partial charge in [0.25, 0.3) is 5.91 Å². The van der Waals surface area contributed by atoms with Gasteiger partial charge in [-0.05, 0) is 38.1 Å². The van der Waals surface area contributed by atoms with E-state index in [1.54, 1.807) is 36.4 Å². The zero-order valence-electron chi connectivity index (χ0n) is 15.1. The predicted molar refractivity (Wildman–Crippen MR) is 98.1 cm³/mol. The summed E-state index contributed by atoms with van der Waals surface area (Å²) in [7, 11) is 0. The fourth-order valence-corrected chi connectivity index (χ4v) is 2.52. The number of ether oxygens (including phenoxy) is 4. The molecule has 7 nitrogen and oxygen atoms in total. The molecular weight excluding hydrogens is 350 g/mol. The van der Waals surface area contributed by atoms with Crippen molar-refractivity contribution in [2.75, 3.05) is 18.5 Å². The highest BCUT2D eigenvalue weighted by molar-refractivity contribution is 5.96. The van der Waals surface area contributed by atoms with Gasteiger partial charge < -0.3 is 24.3 Å². The molecule has 0 saturated heterocycles. The van der Waals surface area contributed by atoms with E-state index < -0.39 is 24.1 Å². The van der Waals surface area contributed by atoms with E-state index in [9.17, 15) is 9.59 Å². The molecule has 7 heteroatoms. The number of para-hydroxylation sites is 4. The number of amides is 1. The number of carbonyl (C=O) groups excluding carboxylic acids is 2. The van der Waals surface area contributed by atoms with Gasteiger partial charge in [0.2, 0.25) is 6.10 Å². The van der Waals surface area contributed by atoms with Crippen molar-refractivity contribution in [1.82, 2.24) is 0 Å². The molecule has 2 aromatic rings. The summed E-state index contributed by atoms with van der Waals surface area (Å²) < 4.78 is 21.8. The highest BCUT2D eigenvalue weighted by Gasteiger charge is 2.31.